The Bertz CT molecular complexity index is 1120. The zero-order chi connectivity index (χ0) is 21.1. The predicted octanol–water partition coefficient (Wildman–Crippen LogP) is 3.56. The lowest BCUT2D eigenvalue weighted by Crippen LogP contribution is -2.36. The predicted molar refractivity (Wildman–Crippen MR) is 114 cm³/mol. The normalized spacial score (nSPS) is 13.0. The first-order chi connectivity index (χ1) is 14.5. The first kappa shape index (κ1) is 20.3. The Kier molecular flexibility index (Phi) is 5.95. The molecule has 1 N–H and O–H groups in total. The van der Waals surface area contributed by atoms with Crippen LogP contribution < -0.4 is 10.9 Å². The molecule has 0 atom stereocenters. The third kappa shape index (κ3) is 4.60. The van der Waals surface area contributed by atoms with E-state index in [4.69, 9.17) is 4.42 Å². The monoisotopic (exact) mass is 408 g/mol. The highest BCUT2D eigenvalue weighted by Gasteiger charge is 2.17. The molecule has 1 heterocycles. The Morgan fingerprint density at radius 2 is 1.87 bits per heavy atom. The number of benzene rings is 2. The summed E-state index contributed by atoms with van der Waals surface area (Å²) in [4.78, 5) is 26.5. The molecule has 2 aromatic carbocycles. The maximum Gasteiger partial charge on any atom is 0.336 e. The number of halogens is 1. The molecule has 5 nitrogen and oxygen atoms in total. The van der Waals surface area contributed by atoms with Crippen molar-refractivity contribution < 1.29 is 13.6 Å². The van der Waals surface area contributed by atoms with E-state index in [0.29, 0.717) is 25.2 Å². The van der Waals surface area contributed by atoms with Gasteiger partial charge in [0.2, 0.25) is 5.91 Å². The quantitative estimate of drug-likeness (QED) is 0.608. The number of hydrogen-bond acceptors (Lipinski definition) is 4. The van der Waals surface area contributed by atoms with Crippen LogP contribution in [-0.4, -0.2) is 23.9 Å². The van der Waals surface area contributed by atoms with Crippen LogP contribution in [0.15, 0.2) is 51.7 Å². The smallest absolute Gasteiger partial charge is 0.336 e. The van der Waals surface area contributed by atoms with Crippen LogP contribution in [-0.2, 0) is 30.7 Å². The van der Waals surface area contributed by atoms with Crippen molar-refractivity contribution in [2.24, 2.45) is 0 Å². The summed E-state index contributed by atoms with van der Waals surface area (Å²) in [5, 5.41) is 3.81. The van der Waals surface area contributed by atoms with Crippen molar-refractivity contribution in [3.63, 3.8) is 0 Å². The maximum absolute atomic E-state index is 13.0. The van der Waals surface area contributed by atoms with Gasteiger partial charge >= 0.3 is 5.63 Å². The molecule has 0 fully saturated rings. The summed E-state index contributed by atoms with van der Waals surface area (Å²) in [6, 6.07) is 11.7. The Balaban J connectivity index is 1.46. The van der Waals surface area contributed by atoms with Gasteiger partial charge in [-0.15, -0.1) is 0 Å². The number of likely N-dealkylation sites (N-methyl/N-ethyl adjacent to an activating group) is 1. The molecular formula is C24H25FN2O3. The molecule has 6 heteroatoms. The summed E-state index contributed by atoms with van der Waals surface area (Å²) in [7, 11) is 0. The third-order valence-electron chi connectivity index (χ3n) is 5.65. The van der Waals surface area contributed by atoms with Crippen molar-refractivity contribution in [3.05, 3.63) is 81.0 Å². The van der Waals surface area contributed by atoms with Crippen LogP contribution in [0, 0.1) is 5.82 Å². The van der Waals surface area contributed by atoms with E-state index in [1.54, 1.807) is 12.1 Å². The minimum absolute atomic E-state index is 0.116. The number of amides is 1. The first-order valence-corrected chi connectivity index (χ1v) is 10.3. The number of aryl methyl sites for hydroxylation is 2. The van der Waals surface area contributed by atoms with E-state index in [1.165, 1.54) is 29.3 Å². The molecule has 156 valence electrons. The average Bonchev–Trinajstić information content (AvgIpc) is 3.18. The van der Waals surface area contributed by atoms with Gasteiger partial charge in [0.15, 0.2) is 0 Å². The van der Waals surface area contributed by atoms with E-state index in [-0.39, 0.29) is 23.9 Å². The summed E-state index contributed by atoms with van der Waals surface area (Å²) in [5.74, 6) is -0.415. The summed E-state index contributed by atoms with van der Waals surface area (Å²) >= 11 is 0. The van der Waals surface area contributed by atoms with E-state index < -0.39 is 0 Å². The summed E-state index contributed by atoms with van der Waals surface area (Å²) in [5.41, 5.74) is 4.55. The Morgan fingerprint density at radius 1 is 1.13 bits per heavy atom. The number of hydrogen-bond donors (Lipinski definition) is 1. The molecule has 1 amide bonds. The molecule has 0 saturated carbocycles. The van der Waals surface area contributed by atoms with Crippen LogP contribution >= 0.6 is 0 Å². The van der Waals surface area contributed by atoms with E-state index >= 15 is 0 Å². The first-order valence-electron chi connectivity index (χ1n) is 10.3. The lowest BCUT2D eigenvalue weighted by atomic mass is 10.0. The van der Waals surface area contributed by atoms with E-state index in [9.17, 15) is 14.0 Å². The lowest BCUT2D eigenvalue weighted by Gasteiger charge is -2.21. The summed E-state index contributed by atoms with van der Waals surface area (Å²) in [6.45, 7) is 3.70. The molecular weight excluding hydrogens is 383 g/mol. The van der Waals surface area contributed by atoms with Gasteiger partial charge in [0, 0.05) is 24.5 Å². The van der Waals surface area contributed by atoms with Crippen LogP contribution in [0.1, 0.15) is 35.6 Å². The summed E-state index contributed by atoms with van der Waals surface area (Å²) in [6.07, 6.45) is 3.20. The van der Waals surface area contributed by atoms with Crippen LogP contribution in [0.2, 0.25) is 0 Å². The molecule has 0 bridgehead atoms. The van der Waals surface area contributed by atoms with Crippen molar-refractivity contribution in [2.75, 3.05) is 13.1 Å². The number of carbonyl (C=O) groups is 1. The molecule has 0 radical (unpaired) electrons. The Labute approximate surface area is 174 Å². The number of nitrogens with one attached hydrogen (secondary N) is 1. The molecule has 3 aromatic rings. The fourth-order valence-electron chi connectivity index (χ4n) is 4.01. The van der Waals surface area contributed by atoms with Crippen molar-refractivity contribution in [3.8, 4) is 0 Å². The topological polar surface area (TPSA) is 62.6 Å². The second kappa shape index (κ2) is 8.79. The molecule has 1 aliphatic rings. The van der Waals surface area contributed by atoms with E-state index in [1.807, 2.05) is 17.9 Å². The number of fused-ring (bicyclic) bond motifs is 2. The van der Waals surface area contributed by atoms with Gasteiger partial charge in [0.1, 0.15) is 11.4 Å². The molecule has 0 saturated heterocycles. The lowest BCUT2D eigenvalue weighted by molar-refractivity contribution is -0.122. The fraction of sp³-hybridized carbons (Fsp3) is 0.333. The van der Waals surface area contributed by atoms with Gasteiger partial charge in [-0.2, -0.15) is 0 Å². The van der Waals surface area contributed by atoms with Crippen LogP contribution in [0.3, 0.4) is 0 Å². The van der Waals surface area contributed by atoms with Crippen molar-refractivity contribution in [2.45, 2.75) is 39.3 Å². The average molecular weight is 408 g/mol. The highest BCUT2D eigenvalue weighted by atomic mass is 19.1. The van der Waals surface area contributed by atoms with Gasteiger partial charge < -0.3 is 9.73 Å². The van der Waals surface area contributed by atoms with Crippen LogP contribution in [0.25, 0.3) is 11.0 Å². The second-order valence-electron chi connectivity index (χ2n) is 7.77. The largest absolute Gasteiger partial charge is 0.423 e. The standard InChI is InChI=1S/C24H25FN2O3/c1-2-27(15-23(28)26-13-16-6-8-20(25)9-7-16)14-19-12-24(29)30-22-11-18-5-3-4-17(18)10-21(19)22/h6-12H,2-5,13-15H2,1H3,(H,26,28). The molecule has 30 heavy (non-hydrogen) atoms. The highest BCUT2D eigenvalue weighted by molar-refractivity contribution is 5.82. The summed E-state index contributed by atoms with van der Waals surface area (Å²) < 4.78 is 18.4. The third-order valence-corrected chi connectivity index (χ3v) is 5.65. The van der Waals surface area contributed by atoms with Gasteiger partial charge in [0.05, 0.1) is 6.54 Å². The van der Waals surface area contributed by atoms with Crippen molar-refractivity contribution in [1.29, 1.82) is 0 Å². The van der Waals surface area contributed by atoms with Crippen LogP contribution in [0.5, 0.6) is 0 Å². The minimum Gasteiger partial charge on any atom is -0.423 e. The highest BCUT2D eigenvalue weighted by Crippen LogP contribution is 2.29. The zero-order valence-electron chi connectivity index (χ0n) is 17.0. The number of nitrogens with zero attached hydrogens (tertiary/aromatic N) is 1. The van der Waals surface area contributed by atoms with Gasteiger partial charge in [-0.25, -0.2) is 9.18 Å². The molecule has 1 aromatic heterocycles. The van der Waals surface area contributed by atoms with Crippen molar-refractivity contribution in [1.82, 2.24) is 10.2 Å². The molecule has 0 aliphatic heterocycles. The second-order valence-corrected chi connectivity index (χ2v) is 7.77. The maximum atomic E-state index is 13.0. The van der Waals surface area contributed by atoms with E-state index in [2.05, 4.69) is 11.4 Å². The van der Waals surface area contributed by atoms with Gasteiger partial charge in [-0.1, -0.05) is 19.1 Å². The number of carbonyl (C=O) groups excluding carboxylic acids is 1. The van der Waals surface area contributed by atoms with Crippen LogP contribution in [0.4, 0.5) is 4.39 Å². The van der Waals surface area contributed by atoms with E-state index in [0.717, 1.165) is 35.8 Å². The Hall–Kier alpha value is -2.99. The SMILES string of the molecule is CCN(CC(=O)NCc1ccc(F)cc1)Cc1cc(=O)oc2cc3c(cc12)CCC3. The minimum atomic E-state index is -0.368. The Morgan fingerprint density at radius 3 is 2.60 bits per heavy atom. The van der Waals surface area contributed by atoms with Gasteiger partial charge in [-0.05, 0) is 72.3 Å². The number of rotatable bonds is 7. The zero-order valence-corrected chi connectivity index (χ0v) is 17.0. The molecule has 1 aliphatic carbocycles. The van der Waals surface area contributed by atoms with Gasteiger partial charge in [-0.3, -0.25) is 9.69 Å². The molecule has 0 spiro atoms. The molecule has 0 unspecified atom stereocenters. The fourth-order valence-corrected chi connectivity index (χ4v) is 4.01. The van der Waals surface area contributed by atoms with Crippen molar-refractivity contribution >= 4 is 16.9 Å². The molecule has 4 rings (SSSR count). The van der Waals surface area contributed by atoms with Gasteiger partial charge in [0.25, 0.3) is 0 Å².